The van der Waals surface area contributed by atoms with Gasteiger partial charge in [0.1, 0.15) is 18.3 Å². The van der Waals surface area contributed by atoms with Crippen molar-refractivity contribution in [2.45, 2.75) is 12.5 Å². The zero-order valence-electron chi connectivity index (χ0n) is 14.1. The predicted molar refractivity (Wildman–Crippen MR) is 92.8 cm³/mol. The summed E-state index contributed by atoms with van der Waals surface area (Å²) in [5.74, 6) is 0.467. The maximum Gasteiger partial charge on any atom is 0.235 e. The number of benzene rings is 1. The number of fused-ring (bicyclic) bond motifs is 1. The van der Waals surface area contributed by atoms with E-state index in [0.29, 0.717) is 6.61 Å². The largest absolute Gasteiger partial charge is 0.492 e. The van der Waals surface area contributed by atoms with E-state index in [4.69, 9.17) is 9.47 Å². The Labute approximate surface area is 146 Å². The van der Waals surface area contributed by atoms with Crippen LogP contribution in [0.25, 0.3) is 0 Å². The molecule has 0 bridgehead atoms. The van der Waals surface area contributed by atoms with Crippen LogP contribution in [-0.2, 0) is 16.1 Å². The van der Waals surface area contributed by atoms with Crippen molar-refractivity contribution in [3.63, 3.8) is 0 Å². The zero-order chi connectivity index (χ0) is 17.1. The molecule has 0 spiro atoms. The molecule has 1 atom stereocenters. The number of aromatic nitrogens is 2. The molecule has 1 saturated heterocycles. The van der Waals surface area contributed by atoms with Crippen LogP contribution in [0.2, 0.25) is 0 Å². The summed E-state index contributed by atoms with van der Waals surface area (Å²) in [6.45, 7) is 5.64. The van der Waals surface area contributed by atoms with Crippen LogP contribution in [0.3, 0.4) is 0 Å². The Morgan fingerprint density at radius 3 is 2.96 bits per heavy atom. The molecule has 4 rings (SSSR count). The summed E-state index contributed by atoms with van der Waals surface area (Å²) in [6.07, 6.45) is 3.57. The van der Waals surface area contributed by atoms with Gasteiger partial charge >= 0.3 is 0 Å². The molecule has 0 aliphatic carbocycles. The molecule has 132 valence electrons. The minimum atomic E-state index is -0.270. The normalized spacial score (nSPS) is 20.1. The molecule has 1 fully saturated rings. The smallest absolute Gasteiger partial charge is 0.235 e. The number of carbonyl (C=O) groups is 1. The summed E-state index contributed by atoms with van der Waals surface area (Å²) in [5.41, 5.74) is 1.66. The van der Waals surface area contributed by atoms with E-state index in [9.17, 15) is 4.79 Å². The Morgan fingerprint density at radius 1 is 1.24 bits per heavy atom. The van der Waals surface area contributed by atoms with E-state index < -0.39 is 0 Å². The molecular weight excluding hydrogens is 320 g/mol. The molecule has 7 heteroatoms. The average Bonchev–Trinajstić information content (AvgIpc) is 3.27. The van der Waals surface area contributed by atoms with Crippen molar-refractivity contribution >= 4 is 11.6 Å². The van der Waals surface area contributed by atoms with E-state index in [1.165, 1.54) is 0 Å². The Hall–Kier alpha value is -2.38. The first kappa shape index (κ1) is 16.1. The van der Waals surface area contributed by atoms with Crippen molar-refractivity contribution < 1.29 is 14.3 Å². The van der Waals surface area contributed by atoms with Crippen molar-refractivity contribution in [2.24, 2.45) is 0 Å². The molecule has 0 saturated carbocycles. The minimum absolute atomic E-state index is 0.0577. The Morgan fingerprint density at radius 2 is 2.08 bits per heavy atom. The van der Waals surface area contributed by atoms with E-state index in [0.717, 1.165) is 56.4 Å². The lowest BCUT2D eigenvalue weighted by atomic mass is 10.0. The fourth-order valence-electron chi connectivity index (χ4n) is 3.23. The molecule has 3 heterocycles. The third-order valence-electron chi connectivity index (χ3n) is 4.67. The maximum absolute atomic E-state index is 12.5. The predicted octanol–water partition coefficient (Wildman–Crippen LogP) is 1.33. The molecule has 1 aromatic heterocycles. The second-order valence-corrected chi connectivity index (χ2v) is 6.34. The lowest BCUT2D eigenvalue weighted by Crippen LogP contribution is -2.38. The second-order valence-electron chi connectivity index (χ2n) is 6.34. The number of anilines is 1. The number of carbonyl (C=O) groups excluding carboxylic acids is 1. The maximum atomic E-state index is 12.5. The van der Waals surface area contributed by atoms with Crippen molar-refractivity contribution in [3.8, 4) is 5.75 Å². The van der Waals surface area contributed by atoms with Gasteiger partial charge in [0.25, 0.3) is 0 Å². The first-order chi connectivity index (χ1) is 12.3. The number of ether oxygens (including phenoxy) is 2. The van der Waals surface area contributed by atoms with Gasteiger partial charge < -0.3 is 14.8 Å². The molecule has 0 radical (unpaired) electrons. The first-order valence-corrected chi connectivity index (χ1v) is 8.65. The molecule has 1 amide bonds. The van der Waals surface area contributed by atoms with Crippen molar-refractivity contribution in [1.29, 1.82) is 0 Å². The molecule has 1 N–H and O–H groups in total. The van der Waals surface area contributed by atoms with Gasteiger partial charge in [-0.15, -0.1) is 0 Å². The number of rotatable bonds is 5. The molecule has 1 unspecified atom stereocenters. The minimum Gasteiger partial charge on any atom is -0.492 e. The number of amides is 1. The van der Waals surface area contributed by atoms with Crippen LogP contribution in [0, 0.1) is 0 Å². The Balaban J connectivity index is 1.32. The number of nitrogens with one attached hydrogen (secondary N) is 1. The molecule has 2 aliphatic heterocycles. The molecule has 7 nitrogen and oxygen atoms in total. The van der Waals surface area contributed by atoms with E-state index in [1.54, 1.807) is 6.20 Å². The Bertz CT molecular complexity index is 739. The van der Waals surface area contributed by atoms with Crippen LogP contribution < -0.4 is 10.1 Å². The monoisotopic (exact) mass is 342 g/mol. The quantitative estimate of drug-likeness (QED) is 0.888. The van der Waals surface area contributed by atoms with Crippen LogP contribution in [0.5, 0.6) is 5.75 Å². The summed E-state index contributed by atoms with van der Waals surface area (Å²) in [6, 6.07) is 7.68. The summed E-state index contributed by atoms with van der Waals surface area (Å²) in [4.78, 5) is 14.9. The lowest BCUT2D eigenvalue weighted by Gasteiger charge is -2.26. The fourth-order valence-corrected chi connectivity index (χ4v) is 3.23. The molecular formula is C18H22N4O3. The topological polar surface area (TPSA) is 68.6 Å². The third kappa shape index (κ3) is 3.67. The highest BCUT2D eigenvalue weighted by Crippen LogP contribution is 2.34. The molecule has 2 aliphatic rings. The van der Waals surface area contributed by atoms with Gasteiger partial charge in [-0.3, -0.25) is 14.4 Å². The van der Waals surface area contributed by atoms with Crippen molar-refractivity contribution in [2.75, 3.05) is 44.8 Å². The van der Waals surface area contributed by atoms with Gasteiger partial charge in [-0.2, -0.15) is 5.10 Å². The molecule has 1 aromatic carbocycles. The van der Waals surface area contributed by atoms with Crippen molar-refractivity contribution in [1.82, 2.24) is 14.7 Å². The summed E-state index contributed by atoms with van der Waals surface area (Å²) < 4.78 is 12.8. The average molecular weight is 342 g/mol. The standard InChI is InChI=1S/C18H22N4O3/c23-18(16-13-25-17-4-2-1-3-15(16)17)20-14-11-19-22(12-14)6-5-21-7-9-24-10-8-21/h1-4,11-12,16H,5-10,13H2,(H,20,23). The van der Waals surface area contributed by atoms with E-state index in [2.05, 4.69) is 15.3 Å². The van der Waals surface area contributed by atoms with Gasteiger partial charge in [-0.1, -0.05) is 18.2 Å². The lowest BCUT2D eigenvalue weighted by molar-refractivity contribution is -0.117. The van der Waals surface area contributed by atoms with Gasteiger partial charge in [0, 0.05) is 31.4 Å². The van der Waals surface area contributed by atoms with Crippen LogP contribution in [-0.4, -0.2) is 60.0 Å². The molecule has 25 heavy (non-hydrogen) atoms. The van der Waals surface area contributed by atoms with Gasteiger partial charge in [0.15, 0.2) is 0 Å². The highest BCUT2D eigenvalue weighted by molar-refractivity contribution is 5.96. The Kier molecular flexibility index (Phi) is 4.67. The number of hydrogen-bond acceptors (Lipinski definition) is 5. The van der Waals surface area contributed by atoms with Gasteiger partial charge in [0.05, 0.1) is 31.6 Å². The summed E-state index contributed by atoms with van der Waals surface area (Å²) in [7, 11) is 0. The summed E-state index contributed by atoms with van der Waals surface area (Å²) >= 11 is 0. The molecule has 2 aromatic rings. The van der Waals surface area contributed by atoms with Crippen LogP contribution in [0.1, 0.15) is 11.5 Å². The van der Waals surface area contributed by atoms with Gasteiger partial charge in [0.2, 0.25) is 5.91 Å². The third-order valence-corrected chi connectivity index (χ3v) is 4.67. The van der Waals surface area contributed by atoms with E-state index in [-0.39, 0.29) is 11.8 Å². The summed E-state index contributed by atoms with van der Waals surface area (Å²) in [5, 5.41) is 7.28. The number of morpholine rings is 1. The number of hydrogen-bond donors (Lipinski definition) is 1. The first-order valence-electron chi connectivity index (χ1n) is 8.65. The number of para-hydroxylation sites is 1. The van der Waals surface area contributed by atoms with Crippen LogP contribution in [0.15, 0.2) is 36.7 Å². The highest BCUT2D eigenvalue weighted by atomic mass is 16.5. The zero-order valence-corrected chi connectivity index (χ0v) is 14.1. The van der Waals surface area contributed by atoms with Gasteiger partial charge in [-0.05, 0) is 6.07 Å². The second kappa shape index (κ2) is 7.25. The van der Waals surface area contributed by atoms with E-state index in [1.807, 2.05) is 35.1 Å². The highest BCUT2D eigenvalue weighted by Gasteiger charge is 2.30. The fraction of sp³-hybridized carbons (Fsp3) is 0.444. The SMILES string of the molecule is O=C(Nc1cnn(CCN2CCOCC2)c1)C1COc2ccccc21. The van der Waals surface area contributed by atoms with Crippen LogP contribution >= 0.6 is 0 Å². The van der Waals surface area contributed by atoms with Crippen molar-refractivity contribution in [3.05, 3.63) is 42.2 Å². The number of nitrogens with zero attached hydrogens (tertiary/aromatic N) is 3. The van der Waals surface area contributed by atoms with Crippen LogP contribution in [0.4, 0.5) is 5.69 Å². The van der Waals surface area contributed by atoms with Gasteiger partial charge in [-0.25, -0.2) is 0 Å². The van der Waals surface area contributed by atoms with E-state index >= 15 is 0 Å².